The molecular formula is C15H17NO3. The number of hydrogen-bond donors (Lipinski definition) is 2. The summed E-state index contributed by atoms with van der Waals surface area (Å²) in [7, 11) is 0. The summed E-state index contributed by atoms with van der Waals surface area (Å²) in [5.41, 5.74) is 1.43. The van der Waals surface area contributed by atoms with E-state index in [1.807, 2.05) is 25.1 Å². The summed E-state index contributed by atoms with van der Waals surface area (Å²) in [5, 5.41) is 18.7. The van der Waals surface area contributed by atoms with Gasteiger partial charge in [0.15, 0.2) is 0 Å². The van der Waals surface area contributed by atoms with Crippen molar-refractivity contribution in [2.45, 2.75) is 26.1 Å². The Morgan fingerprint density at radius 3 is 2.68 bits per heavy atom. The van der Waals surface area contributed by atoms with E-state index in [9.17, 15) is 5.11 Å². The lowest BCUT2D eigenvalue weighted by molar-refractivity contribution is 0.169. The number of pyridine rings is 1. The van der Waals surface area contributed by atoms with E-state index in [2.05, 4.69) is 4.98 Å². The molecule has 2 rings (SSSR count). The molecule has 0 saturated carbocycles. The Labute approximate surface area is 112 Å². The van der Waals surface area contributed by atoms with Crippen LogP contribution in [-0.2, 0) is 6.61 Å². The van der Waals surface area contributed by atoms with E-state index >= 15 is 0 Å². The number of aliphatic hydroxyl groups excluding tert-OH is 2. The maximum atomic E-state index is 9.65. The van der Waals surface area contributed by atoms with Crippen molar-refractivity contribution in [3.8, 4) is 11.5 Å². The average molecular weight is 259 g/mol. The lowest BCUT2D eigenvalue weighted by Gasteiger charge is -2.09. The van der Waals surface area contributed by atoms with Crippen molar-refractivity contribution in [3.05, 3.63) is 53.9 Å². The first kappa shape index (κ1) is 13.5. The quantitative estimate of drug-likeness (QED) is 0.866. The highest BCUT2D eigenvalue weighted by atomic mass is 16.5. The van der Waals surface area contributed by atoms with Crippen molar-refractivity contribution in [3.63, 3.8) is 0 Å². The maximum absolute atomic E-state index is 9.65. The molecule has 0 amide bonds. The highest BCUT2D eigenvalue weighted by Crippen LogP contribution is 2.23. The molecule has 100 valence electrons. The van der Waals surface area contributed by atoms with Crippen LogP contribution >= 0.6 is 0 Å². The van der Waals surface area contributed by atoms with Gasteiger partial charge in [-0.1, -0.05) is 19.1 Å². The van der Waals surface area contributed by atoms with Crippen LogP contribution in [0.3, 0.4) is 0 Å². The zero-order valence-corrected chi connectivity index (χ0v) is 10.8. The van der Waals surface area contributed by atoms with Crippen molar-refractivity contribution in [2.24, 2.45) is 0 Å². The number of aliphatic hydroxyl groups is 2. The number of benzene rings is 1. The third kappa shape index (κ3) is 3.53. The van der Waals surface area contributed by atoms with Gasteiger partial charge in [-0.05, 0) is 36.2 Å². The number of rotatable bonds is 5. The lowest BCUT2D eigenvalue weighted by atomic mass is 10.2. The van der Waals surface area contributed by atoms with Gasteiger partial charge >= 0.3 is 0 Å². The van der Waals surface area contributed by atoms with E-state index in [1.54, 1.807) is 24.4 Å². The normalized spacial score (nSPS) is 12.2. The van der Waals surface area contributed by atoms with E-state index in [-0.39, 0.29) is 6.61 Å². The van der Waals surface area contributed by atoms with Gasteiger partial charge in [-0.15, -0.1) is 0 Å². The highest BCUT2D eigenvalue weighted by molar-refractivity contribution is 5.33. The molecule has 2 N–H and O–H groups in total. The van der Waals surface area contributed by atoms with Crippen LogP contribution in [0, 0.1) is 0 Å². The summed E-state index contributed by atoms with van der Waals surface area (Å²) >= 11 is 0. The Hall–Kier alpha value is -1.91. The van der Waals surface area contributed by atoms with Crippen LogP contribution in [0.15, 0.2) is 42.6 Å². The standard InChI is InChI=1S/C15H17NO3/c1-2-15(18)14-7-6-13(9-16-14)19-12-5-3-4-11(8-12)10-17/h3-9,15,17-18H,2,10H2,1H3. The van der Waals surface area contributed by atoms with Gasteiger partial charge in [0.25, 0.3) is 0 Å². The van der Waals surface area contributed by atoms with Crippen molar-refractivity contribution in [1.29, 1.82) is 0 Å². The average Bonchev–Trinajstić information content (AvgIpc) is 2.47. The molecule has 19 heavy (non-hydrogen) atoms. The van der Waals surface area contributed by atoms with Gasteiger partial charge in [0.2, 0.25) is 0 Å². The van der Waals surface area contributed by atoms with E-state index in [4.69, 9.17) is 9.84 Å². The van der Waals surface area contributed by atoms with Crippen molar-refractivity contribution in [2.75, 3.05) is 0 Å². The smallest absolute Gasteiger partial charge is 0.145 e. The van der Waals surface area contributed by atoms with E-state index in [1.165, 1.54) is 0 Å². The first-order chi connectivity index (χ1) is 9.22. The van der Waals surface area contributed by atoms with Crippen LogP contribution in [0.2, 0.25) is 0 Å². The zero-order valence-electron chi connectivity index (χ0n) is 10.8. The van der Waals surface area contributed by atoms with Crippen LogP contribution in [-0.4, -0.2) is 15.2 Å². The Bertz CT molecular complexity index is 525. The first-order valence-corrected chi connectivity index (χ1v) is 6.24. The first-order valence-electron chi connectivity index (χ1n) is 6.24. The zero-order chi connectivity index (χ0) is 13.7. The lowest BCUT2D eigenvalue weighted by Crippen LogP contribution is -1.98. The Balaban J connectivity index is 2.10. The van der Waals surface area contributed by atoms with Gasteiger partial charge in [-0.3, -0.25) is 4.98 Å². The van der Waals surface area contributed by atoms with Gasteiger partial charge in [0.1, 0.15) is 11.5 Å². The van der Waals surface area contributed by atoms with Crippen molar-refractivity contribution in [1.82, 2.24) is 4.98 Å². The molecule has 0 spiro atoms. The van der Waals surface area contributed by atoms with E-state index < -0.39 is 6.10 Å². The van der Waals surface area contributed by atoms with Gasteiger partial charge in [0.05, 0.1) is 24.6 Å². The minimum Gasteiger partial charge on any atom is -0.456 e. The summed E-state index contributed by atoms with van der Waals surface area (Å²) in [6.45, 7) is 1.88. The van der Waals surface area contributed by atoms with Crippen LogP contribution in [0.5, 0.6) is 11.5 Å². The fourth-order valence-corrected chi connectivity index (χ4v) is 1.70. The molecule has 4 nitrogen and oxygen atoms in total. The maximum Gasteiger partial charge on any atom is 0.145 e. The van der Waals surface area contributed by atoms with Gasteiger partial charge in [-0.25, -0.2) is 0 Å². The molecule has 0 aliphatic carbocycles. The summed E-state index contributed by atoms with van der Waals surface area (Å²) in [5.74, 6) is 1.25. The topological polar surface area (TPSA) is 62.6 Å². The van der Waals surface area contributed by atoms with Crippen LogP contribution in [0.25, 0.3) is 0 Å². The molecule has 4 heteroatoms. The fourth-order valence-electron chi connectivity index (χ4n) is 1.70. The van der Waals surface area contributed by atoms with E-state index in [0.717, 1.165) is 5.56 Å². The fraction of sp³-hybridized carbons (Fsp3) is 0.267. The van der Waals surface area contributed by atoms with Crippen LogP contribution in [0.4, 0.5) is 0 Å². The summed E-state index contributed by atoms with van der Waals surface area (Å²) in [6.07, 6.45) is 1.68. The second-order valence-electron chi connectivity index (χ2n) is 4.25. The summed E-state index contributed by atoms with van der Waals surface area (Å²) in [4.78, 5) is 4.16. The Kier molecular flexibility index (Phi) is 4.49. The molecule has 1 heterocycles. The van der Waals surface area contributed by atoms with E-state index in [0.29, 0.717) is 23.6 Å². The summed E-state index contributed by atoms with van der Waals surface area (Å²) in [6, 6.07) is 10.8. The monoisotopic (exact) mass is 259 g/mol. The predicted octanol–water partition coefficient (Wildman–Crippen LogP) is 2.81. The Morgan fingerprint density at radius 1 is 1.21 bits per heavy atom. The molecule has 1 aromatic heterocycles. The SMILES string of the molecule is CCC(O)c1ccc(Oc2cccc(CO)c2)cn1. The molecule has 0 aliphatic heterocycles. The summed E-state index contributed by atoms with van der Waals surface area (Å²) < 4.78 is 5.63. The van der Waals surface area contributed by atoms with Gasteiger partial charge in [0, 0.05) is 0 Å². The number of ether oxygens (including phenoxy) is 1. The molecule has 0 bridgehead atoms. The largest absolute Gasteiger partial charge is 0.456 e. The molecular weight excluding hydrogens is 242 g/mol. The molecule has 0 aliphatic rings. The van der Waals surface area contributed by atoms with Crippen molar-refractivity contribution < 1.29 is 14.9 Å². The highest BCUT2D eigenvalue weighted by Gasteiger charge is 2.06. The molecule has 1 unspecified atom stereocenters. The molecule has 0 radical (unpaired) electrons. The third-order valence-electron chi connectivity index (χ3n) is 2.80. The number of hydrogen-bond acceptors (Lipinski definition) is 4. The number of aromatic nitrogens is 1. The van der Waals surface area contributed by atoms with Gasteiger partial charge in [-0.2, -0.15) is 0 Å². The minimum absolute atomic E-state index is 0.0168. The molecule has 1 atom stereocenters. The number of nitrogens with zero attached hydrogens (tertiary/aromatic N) is 1. The predicted molar refractivity (Wildman–Crippen MR) is 71.9 cm³/mol. The minimum atomic E-state index is -0.535. The van der Waals surface area contributed by atoms with Crippen molar-refractivity contribution >= 4 is 0 Å². The van der Waals surface area contributed by atoms with Crippen LogP contribution < -0.4 is 4.74 Å². The second-order valence-corrected chi connectivity index (χ2v) is 4.25. The molecule has 0 fully saturated rings. The third-order valence-corrected chi connectivity index (χ3v) is 2.80. The van der Waals surface area contributed by atoms with Gasteiger partial charge < -0.3 is 14.9 Å². The Morgan fingerprint density at radius 2 is 2.05 bits per heavy atom. The molecule has 0 saturated heterocycles. The van der Waals surface area contributed by atoms with Crippen LogP contribution in [0.1, 0.15) is 30.7 Å². The molecule has 2 aromatic rings. The molecule has 1 aromatic carbocycles. The second kappa shape index (κ2) is 6.31.